The molecular formula is C29H33Cl2N3O5S. The molecule has 0 unspecified atom stereocenters. The van der Waals surface area contributed by atoms with Crippen molar-refractivity contribution in [3.63, 3.8) is 0 Å². The number of ether oxygens (including phenoxy) is 1. The Morgan fingerprint density at radius 3 is 2.27 bits per heavy atom. The van der Waals surface area contributed by atoms with Crippen LogP contribution in [0.5, 0.6) is 5.75 Å². The largest absolute Gasteiger partial charge is 0.495 e. The van der Waals surface area contributed by atoms with Crippen molar-refractivity contribution in [2.75, 3.05) is 24.5 Å². The van der Waals surface area contributed by atoms with Gasteiger partial charge in [0.1, 0.15) is 18.3 Å². The average molecular weight is 607 g/mol. The van der Waals surface area contributed by atoms with Crippen LogP contribution in [0.3, 0.4) is 0 Å². The lowest BCUT2D eigenvalue weighted by molar-refractivity contribution is -0.140. The molecule has 0 saturated heterocycles. The lowest BCUT2D eigenvalue weighted by atomic mass is 10.1. The first-order valence-electron chi connectivity index (χ1n) is 12.8. The molecule has 1 atom stereocenters. The summed E-state index contributed by atoms with van der Waals surface area (Å²) in [5.74, 6) is -0.740. The van der Waals surface area contributed by atoms with E-state index in [9.17, 15) is 18.0 Å². The number of hydrogen-bond acceptors (Lipinski definition) is 5. The third kappa shape index (κ3) is 7.27. The van der Waals surface area contributed by atoms with Crippen LogP contribution in [0, 0.1) is 6.92 Å². The van der Waals surface area contributed by atoms with Crippen LogP contribution in [-0.2, 0) is 26.2 Å². The topological polar surface area (TPSA) is 96.0 Å². The lowest BCUT2D eigenvalue weighted by Gasteiger charge is -2.33. The molecule has 0 aliphatic heterocycles. The molecule has 1 N–H and O–H groups in total. The average Bonchev–Trinajstić information content (AvgIpc) is 2.92. The number of nitrogens with zero attached hydrogens (tertiary/aromatic N) is 2. The quantitative estimate of drug-likeness (QED) is 0.296. The molecule has 3 rings (SSSR count). The van der Waals surface area contributed by atoms with E-state index >= 15 is 0 Å². The van der Waals surface area contributed by atoms with Gasteiger partial charge in [0.25, 0.3) is 10.0 Å². The maximum absolute atomic E-state index is 14.1. The van der Waals surface area contributed by atoms with E-state index in [1.54, 1.807) is 56.3 Å². The number of rotatable bonds is 12. The minimum absolute atomic E-state index is 0.000746. The van der Waals surface area contributed by atoms with Crippen LogP contribution in [0.2, 0.25) is 10.0 Å². The summed E-state index contributed by atoms with van der Waals surface area (Å²) in [4.78, 5) is 28.5. The fourth-order valence-electron chi connectivity index (χ4n) is 4.23. The van der Waals surface area contributed by atoms with Crippen molar-refractivity contribution in [2.45, 2.75) is 44.7 Å². The van der Waals surface area contributed by atoms with Crippen LogP contribution < -0.4 is 14.4 Å². The standard InChI is InChI=1S/C29H33Cl2N3O5S/c1-5-25(29(36)32-6-2)33(18-21-9-7-8-10-24(21)31)28(35)19-34(26-17-22(30)13-16-27(26)39-4)40(37,38)23-14-11-20(3)12-15-23/h7-17,25H,5-6,18-19H2,1-4H3,(H,32,36)/t25-/m0/s1. The van der Waals surface area contributed by atoms with E-state index in [0.29, 0.717) is 23.6 Å². The fraction of sp³-hybridized carbons (Fsp3) is 0.310. The Morgan fingerprint density at radius 1 is 1.00 bits per heavy atom. The number of anilines is 1. The maximum Gasteiger partial charge on any atom is 0.264 e. The van der Waals surface area contributed by atoms with Crippen molar-refractivity contribution in [3.8, 4) is 5.75 Å². The molecule has 0 spiro atoms. The number of benzene rings is 3. The van der Waals surface area contributed by atoms with E-state index in [0.717, 1.165) is 9.87 Å². The Morgan fingerprint density at radius 2 is 1.68 bits per heavy atom. The van der Waals surface area contributed by atoms with E-state index < -0.39 is 28.5 Å². The van der Waals surface area contributed by atoms with E-state index in [1.165, 1.54) is 36.3 Å². The monoisotopic (exact) mass is 605 g/mol. The van der Waals surface area contributed by atoms with Gasteiger partial charge in [-0.25, -0.2) is 8.42 Å². The highest BCUT2D eigenvalue weighted by molar-refractivity contribution is 7.92. The molecule has 8 nitrogen and oxygen atoms in total. The van der Waals surface area contributed by atoms with Crippen molar-refractivity contribution in [2.24, 2.45) is 0 Å². The second kappa shape index (κ2) is 13.9. The van der Waals surface area contributed by atoms with Gasteiger partial charge in [0.05, 0.1) is 17.7 Å². The van der Waals surface area contributed by atoms with Crippen LogP contribution in [-0.4, -0.2) is 51.4 Å². The minimum Gasteiger partial charge on any atom is -0.495 e. The van der Waals surface area contributed by atoms with Gasteiger partial charge in [-0.3, -0.25) is 13.9 Å². The van der Waals surface area contributed by atoms with Crippen LogP contribution in [0.1, 0.15) is 31.4 Å². The SMILES string of the molecule is CCNC(=O)[C@H](CC)N(Cc1ccccc1Cl)C(=O)CN(c1cc(Cl)ccc1OC)S(=O)(=O)c1ccc(C)cc1. The van der Waals surface area contributed by atoms with E-state index in [2.05, 4.69) is 5.32 Å². The van der Waals surface area contributed by atoms with Gasteiger partial charge in [0.15, 0.2) is 0 Å². The summed E-state index contributed by atoms with van der Waals surface area (Å²) in [7, 11) is -2.87. The maximum atomic E-state index is 14.1. The lowest BCUT2D eigenvalue weighted by Crippen LogP contribution is -2.52. The zero-order chi connectivity index (χ0) is 29.4. The zero-order valence-electron chi connectivity index (χ0n) is 22.9. The Labute approximate surface area is 245 Å². The Kier molecular flexibility index (Phi) is 10.8. The third-order valence-corrected chi connectivity index (χ3v) is 8.71. The van der Waals surface area contributed by atoms with Gasteiger partial charge in [-0.15, -0.1) is 0 Å². The van der Waals surface area contributed by atoms with Crippen molar-refractivity contribution < 1.29 is 22.7 Å². The van der Waals surface area contributed by atoms with E-state index in [-0.39, 0.29) is 33.8 Å². The Hall–Kier alpha value is -3.27. The van der Waals surface area contributed by atoms with E-state index in [1.807, 2.05) is 6.92 Å². The van der Waals surface area contributed by atoms with Crippen LogP contribution in [0.25, 0.3) is 0 Å². The number of nitrogens with one attached hydrogen (secondary N) is 1. The molecule has 0 aromatic heterocycles. The van der Waals surface area contributed by atoms with Gasteiger partial charge in [-0.05, 0) is 62.2 Å². The number of hydrogen-bond donors (Lipinski definition) is 1. The van der Waals surface area contributed by atoms with Crippen molar-refractivity contribution >= 4 is 50.7 Å². The molecule has 0 radical (unpaired) electrons. The zero-order valence-corrected chi connectivity index (χ0v) is 25.2. The molecular weight excluding hydrogens is 573 g/mol. The Balaban J connectivity index is 2.14. The predicted molar refractivity (Wildman–Crippen MR) is 158 cm³/mol. The number of sulfonamides is 1. The number of halogens is 2. The molecule has 3 aromatic carbocycles. The van der Waals surface area contributed by atoms with Gasteiger partial charge in [-0.2, -0.15) is 0 Å². The number of carbonyl (C=O) groups excluding carboxylic acids is 2. The van der Waals surface area contributed by atoms with Crippen molar-refractivity contribution in [3.05, 3.63) is 87.9 Å². The molecule has 0 heterocycles. The first-order chi connectivity index (χ1) is 19.0. The molecule has 0 fully saturated rings. The summed E-state index contributed by atoms with van der Waals surface area (Å²) in [5.41, 5.74) is 1.58. The highest BCUT2D eigenvalue weighted by Crippen LogP contribution is 2.35. The molecule has 2 amide bonds. The summed E-state index contributed by atoms with van der Waals surface area (Å²) >= 11 is 12.7. The van der Waals surface area contributed by atoms with Gasteiger partial charge in [0.2, 0.25) is 11.8 Å². The summed E-state index contributed by atoms with van der Waals surface area (Å²) in [6.45, 7) is 5.17. The second-order valence-electron chi connectivity index (χ2n) is 9.07. The predicted octanol–water partition coefficient (Wildman–Crippen LogP) is 5.45. The molecule has 3 aromatic rings. The normalized spacial score (nSPS) is 11.9. The molecule has 11 heteroatoms. The first-order valence-corrected chi connectivity index (χ1v) is 15.0. The second-order valence-corrected chi connectivity index (χ2v) is 11.8. The molecule has 0 saturated carbocycles. The molecule has 40 heavy (non-hydrogen) atoms. The van der Waals surface area contributed by atoms with Gasteiger partial charge >= 0.3 is 0 Å². The van der Waals surface area contributed by atoms with Crippen LogP contribution >= 0.6 is 23.2 Å². The summed E-state index contributed by atoms with van der Waals surface area (Å²) < 4.78 is 34.5. The molecule has 0 bridgehead atoms. The summed E-state index contributed by atoms with van der Waals surface area (Å²) in [5, 5.41) is 3.45. The van der Waals surface area contributed by atoms with Crippen LogP contribution in [0.4, 0.5) is 5.69 Å². The summed E-state index contributed by atoms with van der Waals surface area (Å²) in [6.07, 6.45) is 0.299. The van der Waals surface area contributed by atoms with Gasteiger partial charge < -0.3 is 15.0 Å². The summed E-state index contributed by atoms with van der Waals surface area (Å²) in [6, 6.07) is 17.0. The molecule has 0 aliphatic rings. The van der Waals surface area contributed by atoms with Crippen molar-refractivity contribution in [1.29, 1.82) is 0 Å². The number of likely N-dealkylation sites (N-methyl/N-ethyl adjacent to an activating group) is 1. The number of methoxy groups -OCH3 is 1. The van der Waals surface area contributed by atoms with Gasteiger partial charge in [-0.1, -0.05) is 66.0 Å². The van der Waals surface area contributed by atoms with Gasteiger partial charge in [0, 0.05) is 23.1 Å². The molecule has 214 valence electrons. The first kappa shape index (κ1) is 31.3. The fourth-order valence-corrected chi connectivity index (χ4v) is 6.01. The Bertz CT molecular complexity index is 1450. The third-order valence-electron chi connectivity index (χ3n) is 6.33. The highest BCUT2D eigenvalue weighted by atomic mass is 35.5. The number of carbonyl (C=O) groups is 2. The minimum atomic E-state index is -4.27. The highest BCUT2D eigenvalue weighted by Gasteiger charge is 2.35. The molecule has 0 aliphatic carbocycles. The smallest absolute Gasteiger partial charge is 0.264 e. The van der Waals surface area contributed by atoms with Crippen LogP contribution in [0.15, 0.2) is 71.6 Å². The van der Waals surface area contributed by atoms with E-state index in [4.69, 9.17) is 27.9 Å². The van der Waals surface area contributed by atoms with Crippen molar-refractivity contribution in [1.82, 2.24) is 10.2 Å². The number of amides is 2. The number of aryl methyl sites for hydroxylation is 1.